The molecule has 0 saturated carbocycles. The van der Waals surface area contributed by atoms with Gasteiger partial charge in [0.15, 0.2) is 0 Å². The highest BCUT2D eigenvalue weighted by Gasteiger charge is 2.36. The Morgan fingerprint density at radius 1 is 1.24 bits per heavy atom. The lowest BCUT2D eigenvalue weighted by Gasteiger charge is -2.37. The molecular formula is C21H24N2O4S2. The third kappa shape index (κ3) is 3.84. The van der Waals surface area contributed by atoms with Gasteiger partial charge in [0.2, 0.25) is 10.0 Å². The second-order valence-electron chi connectivity index (χ2n) is 7.93. The molecule has 1 aliphatic rings. The number of fused-ring (bicyclic) bond motifs is 2. The lowest BCUT2D eigenvalue weighted by molar-refractivity contribution is 0.0702. The van der Waals surface area contributed by atoms with E-state index in [-0.39, 0.29) is 15.8 Å². The maximum absolute atomic E-state index is 13.2. The van der Waals surface area contributed by atoms with E-state index in [2.05, 4.69) is 4.72 Å². The van der Waals surface area contributed by atoms with Gasteiger partial charge in [-0.05, 0) is 44.5 Å². The Hall–Kier alpha value is -2.16. The number of benzene rings is 2. The highest BCUT2D eigenvalue weighted by molar-refractivity contribution is 7.89. The minimum Gasteiger partial charge on any atom is -0.487 e. The number of nitrogens with one attached hydrogen (secondary N) is 1. The van der Waals surface area contributed by atoms with Crippen LogP contribution < -0.4 is 14.3 Å². The molecule has 6 nitrogen and oxygen atoms in total. The predicted octanol–water partition coefficient (Wildman–Crippen LogP) is 4.05. The number of para-hydroxylation sites is 1. The molecule has 0 amide bonds. The monoisotopic (exact) mass is 432 g/mol. The fourth-order valence-electron chi connectivity index (χ4n) is 3.81. The Kier molecular flexibility index (Phi) is 5.04. The van der Waals surface area contributed by atoms with Crippen LogP contribution in [0.25, 0.3) is 10.2 Å². The molecule has 0 bridgehead atoms. The van der Waals surface area contributed by atoms with Gasteiger partial charge in [-0.3, -0.25) is 9.36 Å². The van der Waals surface area contributed by atoms with E-state index in [1.807, 2.05) is 45.0 Å². The summed E-state index contributed by atoms with van der Waals surface area (Å²) < 4.78 is 37.5. The molecule has 0 spiro atoms. The van der Waals surface area contributed by atoms with Gasteiger partial charge < -0.3 is 4.74 Å². The van der Waals surface area contributed by atoms with E-state index in [0.29, 0.717) is 23.4 Å². The molecule has 8 heteroatoms. The van der Waals surface area contributed by atoms with Crippen LogP contribution in [0.5, 0.6) is 5.75 Å². The number of thiazole rings is 1. The van der Waals surface area contributed by atoms with E-state index in [9.17, 15) is 13.2 Å². The molecule has 0 aliphatic carbocycles. The molecule has 1 atom stereocenters. The Morgan fingerprint density at radius 3 is 2.76 bits per heavy atom. The molecule has 4 rings (SSSR count). The summed E-state index contributed by atoms with van der Waals surface area (Å²) in [4.78, 5) is 12.3. The van der Waals surface area contributed by atoms with Crippen molar-refractivity contribution in [2.24, 2.45) is 0 Å². The van der Waals surface area contributed by atoms with E-state index in [1.165, 1.54) is 0 Å². The first-order valence-corrected chi connectivity index (χ1v) is 11.9. The van der Waals surface area contributed by atoms with Crippen LogP contribution in [0.15, 0.2) is 52.2 Å². The maximum Gasteiger partial charge on any atom is 0.308 e. The molecule has 0 radical (unpaired) electrons. The second kappa shape index (κ2) is 7.27. The number of hydrogen-bond acceptors (Lipinski definition) is 5. The van der Waals surface area contributed by atoms with E-state index in [4.69, 9.17) is 4.74 Å². The van der Waals surface area contributed by atoms with Crippen molar-refractivity contribution in [1.29, 1.82) is 0 Å². The van der Waals surface area contributed by atoms with Crippen molar-refractivity contribution in [1.82, 2.24) is 9.29 Å². The van der Waals surface area contributed by atoms with Crippen LogP contribution >= 0.6 is 11.3 Å². The van der Waals surface area contributed by atoms with Gasteiger partial charge in [0.25, 0.3) is 0 Å². The third-order valence-corrected chi connectivity index (χ3v) is 7.48. The normalized spacial score (nSPS) is 18.4. The zero-order valence-electron chi connectivity index (χ0n) is 16.6. The minimum atomic E-state index is -3.77. The van der Waals surface area contributed by atoms with Gasteiger partial charge in [0, 0.05) is 18.5 Å². The first-order valence-electron chi connectivity index (χ1n) is 9.64. The Bertz CT molecular complexity index is 1220. The van der Waals surface area contributed by atoms with Crippen molar-refractivity contribution in [3.8, 4) is 5.75 Å². The molecule has 0 fully saturated rings. The number of ether oxygens (including phenoxy) is 1. The van der Waals surface area contributed by atoms with Crippen LogP contribution in [0.1, 0.15) is 45.2 Å². The van der Waals surface area contributed by atoms with Gasteiger partial charge in [-0.25, -0.2) is 13.1 Å². The van der Waals surface area contributed by atoms with Gasteiger partial charge in [0.05, 0.1) is 21.2 Å². The topological polar surface area (TPSA) is 77.4 Å². The summed E-state index contributed by atoms with van der Waals surface area (Å²) in [6.45, 7) is 6.53. The van der Waals surface area contributed by atoms with Gasteiger partial charge in [-0.2, -0.15) is 0 Å². The molecule has 1 aliphatic heterocycles. The van der Waals surface area contributed by atoms with Crippen molar-refractivity contribution >= 4 is 31.6 Å². The highest BCUT2D eigenvalue weighted by Crippen LogP contribution is 2.40. The summed E-state index contributed by atoms with van der Waals surface area (Å²) in [6, 6.07) is 12.0. The van der Waals surface area contributed by atoms with Crippen molar-refractivity contribution in [3.63, 3.8) is 0 Å². The predicted molar refractivity (Wildman–Crippen MR) is 115 cm³/mol. The first kappa shape index (κ1) is 20.1. The minimum absolute atomic E-state index is 0.0653. The molecule has 1 N–H and O–H groups in total. The molecule has 0 saturated heterocycles. The molecule has 0 unspecified atom stereocenters. The van der Waals surface area contributed by atoms with E-state index in [1.54, 1.807) is 22.8 Å². The Morgan fingerprint density at radius 2 is 2.00 bits per heavy atom. The summed E-state index contributed by atoms with van der Waals surface area (Å²) in [5.74, 6) is 0.696. The van der Waals surface area contributed by atoms with Crippen LogP contribution in [-0.2, 0) is 16.6 Å². The lowest BCUT2D eigenvalue weighted by atomic mass is 9.90. The lowest BCUT2D eigenvalue weighted by Crippen LogP contribution is -2.41. The van der Waals surface area contributed by atoms with Crippen molar-refractivity contribution < 1.29 is 13.2 Å². The number of aromatic nitrogens is 1. The Labute approximate surface area is 174 Å². The summed E-state index contributed by atoms with van der Waals surface area (Å²) >= 11 is 1.08. The first-order chi connectivity index (χ1) is 13.7. The maximum atomic E-state index is 13.2. The standard InChI is InChI=1S/C21H24N2O4S2/c1-4-11-23-17-10-9-14(12-19(17)28-20(23)24)29(25,26)22-16-13-21(2,3)27-18-8-6-5-7-15(16)18/h5-10,12,16,22H,4,11,13H2,1-3H3/t16-/m1/s1. The number of sulfonamides is 1. The smallest absolute Gasteiger partial charge is 0.308 e. The molecular weight excluding hydrogens is 408 g/mol. The SMILES string of the molecule is CCCn1c(=O)sc2cc(S(=O)(=O)N[C@@H]3CC(C)(C)Oc4ccccc43)ccc21. The summed E-state index contributed by atoms with van der Waals surface area (Å²) in [6.07, 6.45) is 1.36. The van der Waals surface area contributed by atoms with E-state index < -0.39 is 15.6 Å². The number of aryl methyl sites for hydroxylation is 1. The molecule has 3 aromatic rings. The zero-order chi connectivity index (χ0) is 20.8. The average molecular weight is 433 g/mol. The van der Waals surface area contributed by atoms with Crippen LogP contribution in [0.4, 0.5) is 0 Å². The van der Waals surface area contributed by atoms with Crippen LogP contribution in [-0.4, -0.2) is 18.6 Å². The number of rotatable bonds is 5. The molecule has 29 heavy (non-hydrogen) atoms. The second-order valence-corrected chi connectivity index (χ2v) is 10.6. The largest absolute Gasteiger partial charge is 0.487 e. The van der Waals surface area contributed by atoms with Crippen LogP contribution in [0.2, 0.25) is 0 Å². The van der Waals surface area contributed by atoms with Gasteiger partial charge >= 0.3 is 4.87 Å². The Balaban J connectivity index is 1.70. The van der Waals surface area contributed by atoms with Crippen LogP contribution in [0.3, 0.4) is 0 Å². The average Bonchev–Trinajstić information content (AvgIpc) is 2.95. The van der Waals surface area contributed by atoms with Crippen molar-refractivity contribution in [2.45, 2.75) is 56.7 Å². The zero-order valence-corrected chi connectivity index (χ0v) is 18.3. The van der Waals surface area contributed by atoms with Gasteiger partial charge in [-0.1, -0.05) is 36.5 Å². The van der Waals surface area contributed by atoms with E-state index in [0.717, 1.165) is 28.8 Å². The fourth-order valence-corrected chi connectivity index (χ4v) is 6.08. The molecule has 2 heterocycles. The van der Waals surface area contributed by atoms with E-state index >= 15 is 0 Å². The third-order valence-electron chi connectivity index (χ3n) is 5.07. The quantitative estimate of drug-likeness (QED) is 0.660. The summed E-state index contributed by atoms with van der Waals surface area (Å²) in [7, 11) is -3.77. The molecule has 154 valence electrons. The van der Waals surface area contributed by atoms with Crippen molar-refractivity contribution in [3.05, 3.63) is 57.7 Å². The summed E-state index contributed by atoms with van der Waals surface area (Å²) in [5, 5.41) is 0. The highest BCUT2D eigenvalue weighted by atomic mass is 32.2. The fraction of sp³-hybridized carbons (Fsp3) is 0.381. The molecule has 2 aromatic carbocycles. The number of nitrogens with zero attached hydrogens (tertiary/aromatic N) is 1. The van der Waals surface area contributed by atoms with Crippen LogP contribution in [0, 0.1) is 0 Å². The summed E-state index contributed by atoms with van der Waals surface area (Å²) in [5.41, 5.74) is 1.12. The molecule has 1 aromatic heterocycles. The number of hydrogen-bond donors (Lipinski definition) is 1. The van der Waals surface area contributed by atoms with Crippen molar-refractivity contribution in [2.75, 3.05) is 0 Å². The van der Waals surface area contributed by atoms with Gasteiger partial charge in [0.1, 0.15) is 11.4 Å². The van der Waals surface area contributed by atoms with Gasteiger partial charge in [-0.15, -0.1) is 0 Å².